The molecule has 6 nitrogen and oxygen atoms in total. The molecule has 0 saturated carbocycles. The number of rotatable bonds is 8. The van der Waals surface area contributed by atoms with E-state index in [2.05, 4.69) is 0 Å². The molecule has 6 heteroatoms. The van der Waals surface area contributed by atoms with E-state index >= 15 is 0 Å². The Morgan fingerprint density at radius 1 is 0.964 bits per heavy atom. The fourth-order valence-electron chi connectivity index (χ4n) is 2.56. The number of benzene rings is 2. The van der Waals surface area contributed by atoms with E-state index in [9.17, 15) is 14.7 Å². The van der Waals surface area contributed by atoms with Crippen LogP contribution in [0, 0.1) is 0 Å². The molecule has 0 aliphatic rings. The first-order valence-electron chi connectivity index (χ1n) is 9.14. The molecule has 150 valence electrons. The van der Waals surface area contributed by atoms with Crippen LogP contribution < -0.4 is 0 Å². The summed E-state index contributed by atoms with van der Waals surface area (Å²) in [4.78, 5) is 25.8. The lowest BCUT2D eigenvalue weighted by Crippen LogP contribution is -2.49. The number of ether oxygens (including phenoxy) is 2. The fourth-order valence-corrected chi connectivity index (χ4v) is 2.56. The first-order valence-corrected chi connectivity index (χ1v) is 9.14. The van der Waals surface area contributed by atoms with Gasteiger partial charge in [0.05, 0.1) is 19.8 Å². The van der Waals surface area contributed by atoms with Crippen molar-refractivity contribution < 1.29 is 24.2 Å². The van der Waals surface area contributed by atoms with Crippen molar-refractivity contribution in [3.05, 3.63) is 71.8 Å². The Kier molecular flexibility index (Phi) is 7.58. The minimum absolute atomic E-state index is 0.113. The molecule has 1 N–H and O–H groups in total. The van der Waals surface area contributed by atoms with Crippen molar-refractivity contribution in [2.24, 2.45) is 0 Å². The maximum absolute atomic E-state index is 12.7. The fraction of sp³-hybridized carbons (Fsp3) is 0.364. The van der Waals surface area contributed by atoms with Gasteiger partial charge in [0.25, 0.3) is 0 Å². The Labute approximate surface area is 165 Å². The van der Waals surface area contributed by atoms with Gasteiger partial charge >= 0.3 is 12.1 Å². The highest BCUT2D eigenvalue weighted by atomic mass is 16.6. The molecule has 0 aliphatic heterocycles. The van der Waals surface area contributed by atoms with Crippen LogP contribution in [0.5, 0.6) is 0 Å². The van der Waals surface area contributed by atoms with Gasteiger partial charge in [-0.05, 0) is 31.9 Å². The van der Waals surface area contributed by atoms with Crippen LogP contribution in [0.2, 0.25) is 0 Å². The maximum Gasteiger partial charge on any atom is 0.411 e. The van der Waals surface area contributed by atoms with Gasteiger partial charge in [-0.25, -0.2) is 9.59 Å². The number of aliphatic carboxylic acids is 1. The SMILES string of the molecule is CC(C)(C)OC(=O)N(Cc1ccccc1)[C@H](COCc1ccccc1)C(=O)O. The van der Waals surface area contributed by atoms with Crippen molar-refractivity contribution in [2.45, 2.75) is 45.6 Å². The van der Waals surface area contributed by atoms with E-state index in [0.717, 1.165) is 11.1 Å². The number of nitrogens with zero attached hydrogens (tertiary/aromatic N) is 1. The molecule has 0 heterocycles. The third kappa shape index (κ3) is 7.04. The molecule has 0 unspecified atom stereocenters. The third-order valence-electron chi connectivity index (χ3n) is 3.87. The molecular weight excluding hydrogens is 358 g/mol. The van der Waals surface area contributed by atoms with Crippen molar-refractivity contribution in [3.8, 4) is 0 Å². The van der Waals surface area contributed by atoms with E-state index in [0.29, 0.717) is 0 Å². The Morgan fingerprint density at radius 2 is 1.50 bits per heavy atom. The van der Waals surface area contributed by atoms with Gasteiger partial charge in [0.1, 0.15) is 5.60 Å². The third-order valence-corrected chi connectivity index (χ3v) is 3.87. The molecule has 0 aliphatic carbocycles. The van der Waals surface area contributed by atoms with E-state index in [1.807, 2.05) is 60.7 Å². The summed E-state index contributed by atoms with van der Waals surface area (Å²) in [6.07, 6.45) is -0.688. The number of amides is 1. The van der Waals surface area contributed by atoms with E-state index in [4.69, 9.17) is 9.47 Å². The maximum atomic E-state index is 12.7. The summed E-state index contributed by atoms with van der Waals surface area (Å²) in [6, 6.07) is 17.5. The van der Waals surface area contributed by atoms with Gasteiger partial charge in [-0.2, -0.15) is 0 Å². The summed E-state index contributed by atoms with van der Waals surface area (Å²) >= 11 is 0. The lowest BCUT2D eigenvalue weighted by molar-refractivity contribution is -0.146. The van der Waals surface area contributed by atoms with Crippen molar-refractivity contribution in [3.63, 3.8) is 0 Å². The predicted octanol–water partition coefficient (Wildman–Crippen LogP) is 4.09. The largest absolute Gasteiger partial charge is 0.480 e. The minimum atomic E-state index is -1.17. The van der Waals surface area contributed by atoms with E-state index in [1.54, 1.807) is 20.8 Å². The molecule has 0 bridgehead atoms. The van der Waals surface area contributed by atoms with Gasteiger partial charge in [0.2, 0.25) is 0 Å². The smallest absolute Gasteiger partial charge is 0.411 e. The second kappa shape index (κ2) is 9.90. The van der Waals surface area contributed by atoms with Crippen LogP contribution in [0.4, 0.5) is 4.79 Å². The van der Waals surface area contributed by atoms with Gasteiger partial charge in [0, 0.05) is 0 Å². The molecule has 1 atom stereocenters. The lowest BCUT2D eigenvalue weighted by atomic mass is 10.1. The van der Waals surface area contributed by atoms with Gasteiger partial charge in [-0.3, -0.25) is 4.90 Å². The quantitative estimate of drug-likeness (QED) is 0.741. The summed E-state index contributed by atoms with van der Waals surface area (Å²) in [6.45, 7) is 5.46. The first-order chi connectivity index (χ1) is 13.3. The molecule has 0 saturated heterocycles. The van der Waals surface area contributed by atoms with E-state index in [-0.39, 0.29) is 19.8 Å². The molecule has 0 radical (unpaired) electrons. The van der Waals surface area contributed by atoms with Crippen molar-refractivity contribution in [1.82, 2.24) is 4.90 Å². The van der Waals surface area contributed by atoms with Crippen molar-refractivity contribution in [1.29, 1.82) is 0 Å². The second-order valence-corrected chi connectivity index (χ2v) is 7.45. The second-order valence-electron chi connectivity index (χ2n) is 7.45. The molecule has 2 rings (SSSR count). The summed E-state index contributed by atoms with van der Waals surface area (Å²) in [5.74, 6) is -1.14. The lowest BCUT2D eigenvalue weighted by Gasteiger charge is -2.31. The van der Waals surface area contributed by atoms with Crippen LogP contribution in [-0.2, 0) is 27.4 Å². The van der Waals surface area contributed by atoms with E-state index < -0.39 is 23.7 Å². The average molecular weight is 385 g/mol. The highest BCUT2D eigenvalue weighted by Gasteiger charge is 2.33. The standard InChI is InChI=1S/C22H27NO5/c1-22(2,3)28-21(26)23(14-17-10-6-4-7-11-17)19(20(24)25)16-27-15-18-12-8-5-9-13-18/h4-13,19H,14-16H2,1-3H3,(H,24,25)/t19-/m1/s1. The number of carbonyl (C=O) groups excluding carboxylic acids is 1. The Balaban J connectivity index is 2.15. The summed E-state index contributed by atoms with van der Waals surface area (Å²) in [5, 5.41) is 9.74. The molecule has 28 heavy (non-hydrogen) atoms. The topological polar surface area (TPSA) is 76.1 Å². The number of hydrogen-bond acceptors (Lipinski definition) is 4. The molecule has 2 aromatic carbocycles. The molecule has 1 amide bonds. The number of hydrogen-bond donors (Lipinski definition) is 1. The molecule has 0 aromatic heterocycles. The molecule has 0 spiro atoms. The van der Waals surface area contributed by atoms with Crippen LogP contribution in [0.3, 0.4) is 0 Å². The number of carbonyl (C=O) groups is 2. The van der Waals surface area contributed by atoms with Crippen molar-refractivity contribution >= 4 is 12.1 Å². The first kappa shape index (κ1) is 21.4. The van der Waals surface area contributed by atoms with Crippen LogP contribution in [0.15, 0.2) is 60.7 Å². The Hall–Kier alpha value is -2.86. The van der Waals surface area contributed by atoms with Gasteiger partial charge in [0.15, 0.2) is 6.04 Å². The van der Waals surface area contributed by atoms with Crippen LogP contribution in [-0.4, -0.2) is 40.3 Å². The molecule has 0 fully saturated rings. The summed E-state index contributed by atoms with van der Waals surface area (Å²) in [5.41, 5.74) is 1.00. The van der Waals surface area contributed by atoms with Gasteiger partial charge in [-0.15, -0.1) is 0 Å². The Morgan fingerprint density at radius 3 is 2.00 bits per heavy atom. The molecular formula is C22H27NO5. The van der Waals surface area contributed by atoms with E-state index in [1.165, 1.54) is 4.90 Å². The van der Waals surface area contributed by atoms with Crippen LogP contribution >= 0.6 is 0 Å². The van der Waals surface area contributed by atoms with Gasteiger partial charge < -0.3 is 14.6 Å². The number of carboxylic acid groups (broad SMARTS) is 1. The zero-order valence-corrected chi connectivity index (χ0v) is 16.5. The summed E-state index contributed by atoms with van der Waals surface area (Å²) in [7, 11) is 0. The zero-order valence-electron chi connectivity index (χ0n) is 16.5. The highest BCUT2D eigenvalue weighted by molar-refractivity contribution is 5.80. The average Bonchev–Trinajstić information content (AvgIpc) is 2.64. The normalized spacial score (nSPS) is 12.2. The highest BCUT2D eigenvalue weighted by Crippen LogP contribution is 2.16. The number of carboxylic acids is 1. The van der Waals surface area contributed by atoms with Crippen LogP contribution in [0.1, 0.15) is 31.9 Å². The van der Waals surface area contributed by atoms with Crippen molar-refractivity contribution in [2.75, 3.05) is 6.61 Å². The summed E-state index contributed by atoms with van der Waals surface area (Å²) < 4.78 is 11.0. The molecule has 2 aromatic rings. The predicted molar refractivity (Wildman–Crippen MR) is 106 cm³/mol. The monoisotopic (exact) mass is 385 g/mol. The Bertz CT molecular complexity index is 756. The zero-order chi connectivity index (χ0) is 20.6. The van der Waals surface area contributed by atoms with Gasteiger partial charge in [-0.1, -0.05) is 60.7 Å². The van der Waals surface area contributed by atoms with Crippen LogP contribution in [0.25, 0.3) is 0 Å². The minimum Gasteiger partial charge on any atom is -0.480 e.